The van der Waals surface area contributed by atoms with Gasteiger partial charge in [-0.3, -0.25) is 0 Å². The molecule has 0 aliphatic rings. The summed E-state index contributed by atoms with van der Waals surface area (Å²) >= 11 is 11.7. The lowest BCUT2D eigenvalue weighted by molar-refractivity contribution is 0.318. The fourth-order valence-corrected chi connectivity index (χ4v) is 3.78. The van der Waals surface area contributed by atoms with Gasteiger partial charge >= 0.3 is 0 Å². The van der Waals surface area contributed by atoms with Crippen LogP contribution in [-0.2, 0) is 15.8 Å². The summed E-state index contributed by atoms with van der Waals surface area (Å²) in [6.45, 7) is 4.62. The average molecular weight is 402 g/mol. The normalized spacial score (nSPS) is 11.7. The molecule has 0 heterocycles. The molecular formula is C18H21Cl2NO3S. The van der Waals surface area contributed by atoms with Gasteiger partial charge < -0.3 is 4.74 Å². The van der Waals surface area contributed by atoms with Gasteiger partial charge in [-0.1, -0.05) is 61.3 Å². The molecule has 0 saturated carbocycles. The van der Waals surface area contributed by atoms with Crippen molar-refractivity contribution < 1.29 is 13.2 Å². The van der Waals surface area contributed by atoms with Crippen LogP contribution in [0.25, 0.3) is 0 Å². The van der Waals surface area contributed by atoms with E-state index in [1.165, 1.54) is 0 Å². The van der Waals surface area contributed by atoms with E-state index in [2.05, 4.69) is 18.6 Å². The number of rotatable bonds is 8. The third-order valence-corrected chi connectivity index (χ3v) is 5.66. The van der Waals surface area contributed by atoms with Gasteiger partial charge in [0.1, 0.15) is 12.4 Å². The maximum absolute atomic E-state index is 12.1. The van der Waals surface area contributed by atoms with E-state index < -0.39 is 10.0 Å². The Labute approximate surface area is 159 Å². The van der Waals surface area contributed by atoms with Crippen molar-refractivity contribution in [2.45, 2.75) is 25.5 Å². The van der Waals surface area contributed by atoms with Gasteiger partial charge in [-0.25, -0.2) is 13.1 Å². The van der Waals surface area contributed by atoms with Crippen LogP contribution in [0.15, 0.2) is 42.5 Å². The third kappa shape index (κ3) is 6.19. The molecule has 25 heavy (non-hydrogen) atoms. The first-order valence-corrected chi connectivity index (χ1v) is 10.3. The molecule has 0 saturated heterocycles. The lowest BCUT2D eigenvalue weighted by Crippen LogP contribution is -2.29. The molecule has 0 fully saturated rings. The van der Waals surface area contributed by atoms with Gasteiger partial charge in [0.15, 0.2) is 0 Å². The van der Waals surface area contributed by atoms with Crippen LogP contribution in [-0.4, -0.2) is 21.6 Å². The Bertz CT molecular complexity index is 823. The summed E-state index contributed by atoms with van der Waals surface area (Å²) < 4.78 is 32.5. The number of hydrogen-bond donors (Lipinski definition) is 1. The highest BCUT2D eigenvalue weighted by atomic mass is 35.5. The summed E-state index contributed by atoms with van der Waals surface area (Å²) in [5.41, 5.74) is 1.68. The van der Waals surface area contributed by atoms with E-state index in [9.17, 15) is 8.42 Å². The second-order valence-electron chi connectivity index (χ2n) is 5.94. The van der Waals surface area contributed by atoms with E-state index >= 15 is 0 Å². The van der Waals surface area contributed by atoms with Crippen LogP contribution in [0.4, 0.5) is 0 Å². The van der Waals surface area contributed by atoms with Gasteiger partial charge in [0, 0.05) is 6.54 Å². The van der Waals surface area contributed by atoms with E-state index in [-0.39, 0.29) is 18.9 Å². The van der Waals surface area contributed by atoms with Crippen LogP contribution < -0.4 is 9.46 Å². The Hall–Kier alpha value is -1.27. The monoisotopic (exact) mass is 401 g/mol. The highest BCUT2D eigenvalue weighted by Gasteiger charge is 2.13. The molecule has 2 aromatic rings. The molecule has 0 spiro atoms. The molecule has 2 aromatic carbocycles. The second kappa shape index (κ2) is 8.90. The zero-order valence-corrected chi connectivity index (χ0v) is 16.5. The smallest absolute Gasteiger partial charge is 0.215 e. The summed E-state index contributed by atoms with van der Waals surface area (Å²) in [4.78, 5) is 0. The van der Waals surface area contributed by atoms with Crippen LogP contribution in [0, 0.1) is 0 Å². The lowest BCUT2D eigenvalue weighted by atomic mass is 10.0. The van der Waals surface area contributed by atoms with Crippen LogP contribution >= 0.6 is 23.2 Å². The van der Waals surface area contributed by atoms with E-state index in [0.29, 0.717) is 21.5 Å². The fourth-order valence-electron chi connectivity index (χ4n) is 2.35. The maximum Gasteiger partial charge on any atom is 0.215 e. The van der Waals surface area contributed by atoms with Gasteiger partial charge in [-0.15, -0.1) is 0 Å². The Kier molecular flexibility index (Phi) is 7.14. The Balaban J connectivity index is 1.87. The molecule has 4 nitrogen and oxygen atoms in total. The molecule has 0 radical (unpaired) electrons. The van der Waals surface area contributed by atoms with Gasteiger partial charge in [0.25, 0.3) is 0 Å². The third-order valence-electron chi connectivity index (χ3n) is 3.56. The number of sulfonamides is 1. The molecule has 0 amide bonds. The fraction of sp³-hybridized carbons (Fsp3) is 0.333. The molecular weight excluding hydrogens is 381 g/mol. The minimum absolute atomic E-state index is 0.160. The van der Waals surface area contributed by atoms with Crippen molar-refractivity contribution in [3.05, 3.63) is 63.6 Å². The van der Waals surface area contributed by atoms with Gasteiger partial charge in [0.05, 0.1) is 15.8 Å². The first-order chi connectivity index (χ1) is 11.8. The minimum Gasteiger partial charge on any atom is -0.492 e. The highest BCUT2D eigenvalue weighted by Crippen LogP contribution is 2.26. The molecule has 0 bridgehead atoms. The van der Waals surface area contributed by atoms with Crippen molar-refractivity contribution in [2.24, 2.45) is 0 Å². The molecule has 0 aromatic heterocycles. The molecule has 0 atom stereocenters. The Morgan fingerprint density at radius 3 is 2.48 bits per heavy atom. The van der Waals surface area contributed by atoms with Crippen molar-refractivity contribution >= 4 is 33.2 Å². The maximum atomic E-state index is 12.1. The summed E-state index contributed by atoms with van der Waals surface area (Å²) in [6.07, 6.45) is 0. The van der Waals surface area contributed by atoms with Crippen LogP contribution in [0.5, 0.6) is 5.75 Å². The quantitative estimate of drug-likeness (QED) is 0.656. The largest absolute Gasteiger partial charge is 0.492 e. The SMILES string of the molecule is CC(C)c1ccccc1OCCNS(=O)(=O)Cc1ccc(Cl)c(Cl)c1. The predicted molar refractivity (Wildman–Crippen MR) is 103 cm³/mol. The summed E-state index contributed by atoms with van der Waals surface area (Å²) in [6, 6.07) is 12.5. The summed E-state index contributed by atoms with van der Waals surface area (Å²) in [5, 5.41) is 0.732. The van der Waals surface area contributed by atoms with Gasteiger partial charge in [-0.2, -0.15) is 0 Å². The van der Waals surface area contributed by atoms with Crippen LogP contribution in [0.1, 0.15) is 30.9 Å². The number of halogens is 2. The summed E-state index contributed by atoms with van der Waals surface area (Å²) in [5.74, 6) is 0.954. The summed E-state index contributed by atoms with van der Waals surface area (Å²) in [7, 11) is -3.48. The molecule has 0 aliphatic carbocycles. The van der Waals surface area contributed by atoms with E-state index in [1.807, 2.05) is 24.3 Å². The number of hydrogen-bond acceptors (Lipinski definition) is 3. The predicted octanol–water partition coefficient (Wildman–Crippen LogP) is 4.62. The molecule has 136 valence electrons. The molecule has 0 aliphatic heterocycles. The molecule has 2 rings (SSSR count). The highest BCUT2D eigenvalue weighted by molar-refractivity contribution is 7.88. The molecule has 0 unspecified atom stereocenters. The lowest BCUT2D eigenvalue weighted by Gasteiger charge is -2.14. The zero-order chi connectivity index (χ0) is 18.4. The number of ether oxygens (including phenoxy) is 1. The van der Waals surface area contributed by atoms with Crippen molar-refractivity contribution in [1.82, 2.24) is 4.72 Å². The first-order valence-electron chi connectivity index (χ1n) is 7.91. The first kappa shape index (κ1) is 20.0. The number of nitrogens with one attached hydrogen (secondary N) is 1. The molecule has 1 N–H and O–H groups in total. The standard InChI is InChI=1S/C18H21Cl2NO3S/c1-13(2)15-5-3-4-6-18(15)24-10-9-21-25(22,23)12-14-7-8-16(19)17(20)11-14/h3-8,11,13,21H,9-10,12H2,1-2H3. The van der Waals surface area contributed by atoms with Crippen LogP contribution in [0.3, 0.4) is 0 Å². The average Bonchev–Trinajstić information content (AvgIpc) is 2.55. The molecule has 7 heteroatoms. The Morgan fingerprint density at radius 1 is 1.08 bits per heavy atom. The van der Waals surface area contributed by atoms with Crippen molar-refractivity contribution in [3.8, 4) is 5.75 Å². The Morgan fingerprint density at radius 2 is 1.80 bits per heavy atom. The van der Waals surface area contributed by atoms with Gasteiger partial charge in [0.2, 0.25) is 10.0 Å². The van der Waals surface area contributed by atoms with Crippen molar-refractivity contribution in [1.29, 1.82) is 0 Å². The minimum atomic E-state index is -3.48. The van der Waals surface area contributed by atoms with Crippen molar-refractivity contribution in [2.75, 3.05) is 13.2 Å². The zero-order valence-electron chi connectivity index (χ0n) is 14.1. The second-order valence-corrected chi connectivity index (χ2v) is 8.56. The van der Waals surface area contributed by atoms with Gasteiger partial charge in [-0.05, 0) is 35.2 Å². The van der Waals surface area contributed by atoms with Crippen molar-refractivity contribution in [3.63, 3.8) is 0 Å². The van der Waals surface area contributed by atoms with E-state index in [1.54, 1.807) is 18.2 Å². The van der Waals surface area contributed by atoms with E-state index in [4.69, 9.17) is 27.9 Å². The van der Waals surface area contributed by atoms with E-state index in [0.717, 1.165) is 11.3 Å². The number of para-hydroxylation sites is 1. The number of benzene rings is 2. The van der Waals surface area contributed by atoms with Crippen LogP contribution in [0.2, 0.25) is 10.0 Å². The topological polar surface area (TPSA) is 55.4 Å².